The predicted molar refractivity (Wildman–Crippen MR) is 78.6 cm³/mol. The van der Waals surface area contributed by atoms with Crippen LogP contribution in [0.5, 0.6) is 11.8 Å². The Labute approximate surface area is 131 Å². The van der Waals surface area contributed by atoms with E-state index in [1.54, 1.807) is 13.0 Å². The van der Waals surface area contributed by atoms with Crippen molar-refractivity contribution in [3.63, 3.8) is 0 Å². The lowest BCUT2D eigenvalue weighted by atomic mass is 10.2. The molecule has 2 aromatic heterocycles. The summed E-state index contributed by atoms with van der Waals surface area (Å²) >= 11 is 0. The molecule has 0 spiro atoms. The number of hydrogen-bond donors (Lipinski definition) is 0. The quantitative estimate of drug-likeness (QED) is 0.731. The summed E-state index contributed by atoms with van der Waals surface area (Å²) in [5.41, 5.74) is 1.69. The van der Waals surface area contributed by atoms with Crippen molar-refractivity contribution >= 4 is 0 Å². The van der Waals surface area contributed by atoms with Crippen molar-refractivity contribution in [3.05, 3.63) is 35.9 Å². The summed E-state index contributed by atoms with van der Waals surface area (Å²) < 4.78 is 28.8. The molecule has 0 saturated heterocycles. The zero-order chi connectivity index (χ0) is 16.4. The van der Waals surface area contributed by atoms with Crippen molar-refractivity contribution in [2.24, 2.45) is 0 Å². The maximum absolute atomic E-state index is 13.8. The minimum Gasteiger partial charge on any atom is -0.494 e. The summed E-state index contributed by atoms with van der Waals surface area (Å²) in [7, 11) is 2.88. The molecule has 0 radical (unpaired) electrons. The fraction of sp³-hybridized carbons (Fsp3) is 0.200. The van der Waals surface area contributed by atoms with Crippen molar-refractivity contribution in [1.82, 2.24) is 20.1 Å². The Balaban J connectivity index is 1.96. The maximum Gasteiger partial charge on any atom is 0.316 e. The van der Waals surface area contributed by atoms with Gasteiger partial charge >= 0.3 is 6.01 Å². The molecule has 118 valence electrons. The molecular formula is C15H13FN4O3. The van der Waals surface area contributed by atoms with Crippen molar-refractivity contribution in [2.75, 3.05) is 14.2 Å². The first-order valence-corrected chi connectivity index (χ1v) is 6.68. The molecular weight excluding hydrogens is 303 g/mol. The predicted octanol–water partition coefficient (Wildman–Crippen LogP) is 2.66. The second-order valence-electron chi connectivity index (χ2n) is 4.63. The van der Waals surface area contributed by atoms with E-state index in [1.165, 1.54) is 32.5 Å². The average Bonchev–Trinajstić information content (AvgIpc) is 3.04. The van der Waals surface area contributed by atoms with Crippen LogP contribution in [0.15, 0.2) is 28.9 Å². The Bertz CT molecular complexity index is 850. The van der Waals surface area contributed by atoms with E-state index in [9.17, 15) is 4.39 Å². The van der Waals surface area contributed by atoms with Crippen LogP contribution in [-0.2, 0) is 0 Å². The van der Waals surface area contributed by atoms with E-state index < -0.39 is 5.82 Å². The van der Waals surface area contributed by atoms with Gasteiger partial charge in [0.1, 0.15) is 0 Å². The number of methoxy groups -OCH3 is 2. The number of rotatable bonds is 4. The molecule has 3 rings (SSSR count). The Hall–Kier alpha value is -3.03. The Morgan fingerprint density at radius 1 is 1.13 bits per heavy atom. The summed E-state index contributed by atoms with van der Waals surface area (Å²) in [6.07, 6.45) is 1.53. The molecule has 0 aliphatic heterocycles. The maximum atomic E-state index is 13.8. The van der Waals surface area contributed by atoms with Crippen LogP contribution in [0.2, 0.25) is 0 Å². The highest BCUT2D eigenvalue weighted by Crippen LogP contribution is 2.27. The monoisotopic (exact) mass is 316 g/mol. The van der Waals surface area contributed by atoms with Crippen molar-refractivity contribution < 1.29 is 18.4 Å². The third-order valence-corrected chi connectivity index (χ3v) is 3.21. The molecule has 0 unspecified atom stereocenters. The molecule has 8 heteroatoms. The van der Waals surface area contributed by atoms with E-state index in [0.717, 1.165) is 0 Å². The van der Waals surface area contributed by atoms with Gasteiger partial charge in [0.15, 0.2) is 11.6 Å². The molecule has 0 amide bonds. The van der Waals surface area contributed by atoms with Gasteiger partial charge in [0, 0.05) is 11.8 Å². The molecule has 0 saturated carbocycles. The molecule has 23 heavy (non-hydrogen) atoms. The zero-order valence-electron chi connectivity index (χ0n) is 12.7. The van der Waals surface area contributed by atoms with E-state index >= 15 is 0 Å². The van der Waals surface area contributed by atoms with Crippen LogP contribution in [0.3, 0.4) is 0 Å². The van der Waals surface area contributed by atoms with Crippen LogP contribution in [0.25, 0.3) is 22.8 Å². The van der Waals surface area contributed by atoms with Gasteiger partial charge in [-0.25, -0.2) is 9.37 Å². The number of aryl methyl sites for hydroxylation is 1. The van der Waals surface area contributed by atoms with Gasteiger partial charge in [0.2, 0.25) is 5.82 Å². The van der Waals surface area contributed by atoms with Crippen LogP contribution < -0.4 is 9.47 Å². The molecule has 7 nitrogen and oxygen atoms in total. The van der Waals surface area contributed by atoms with Gasteiger partial charge in [0.25, 0.3) is 5.89 Å². The molecule has 2 heterocycles. The van der Waals surface area contributed by atoms with Crippen LogP contribution >= 0.6 is 0 Å². The minimum atomic E-state index is -0.500. The molecule has 0 atom stereocenters. The van der Waals surface area contributed by atoms with Crippen LogP contribution in [-0.4, -0.2) is 34.3 Å². The van der Waals surface area contributed by atoms with Gasteiger partial charge in [-0.05, 0) is 25.1 Å². The van der Waals surface area contributed by atoms with Gasteiger partial charge in [0.05, 0.1) is 25.5 Å². The standard InChI is InChI=1S/C15H13FN4O3/c1-8-10(7-17-15(18-8)22-3)14-19-13(20-23-14)9-4-5-12(21-2)11(16)6-9/h4-7H,1-3H3. The lowest BCUT2D eigenvalue weighted by Crippen LogP contribution is -1.96. The van der Waals surface area contributed by atoms with E-state index in [0.29, 0.717) is 16.8 Å². The van der Waals surface area contributed by atoms with Gasteiger partial charge in [-0.1, -0.05) is 5.16 Å². The smallest absolute Gasteiger partial charge is 0.316 e. The van der Waals surface area contributed by atoms with Gasteiger partial charge < -0.3 is 14.0 Å². The summed E-state index contributed by atoms with van der Waals surface area (Å²) in [4.78, 5) is 12.4. The number of ether oxygens (including phenoxy) is 2. The topological polar surface area (TPSA) is 83.2 Å². The highest BCUT2D eigenvalue weighted by molar-refractivity contribution is 5.61. The van der Waals surface area contributed by atoms with Crippen LogP contribution in [0, 0.1) is 12.7 Å². The molecule has 1 aromatic carbocycles. The highest BCUT2D eigenvalue weighted by atomic mass is 19.1. The molecule has 0 aliphatic carbocycles. The Kier molecular flexibility index (Phi) is 3.88. The second-order valence-corrected chi connectivity index (χ2v) is 4.63. The number of nitrogens with zero attached hydrogens (tertiary/aromatic N) is 4. The summed E-state index contributed by atoms with van der Waals surface area (Å²) in [6.45, 7) is 1.77. The van der Waals surface area contributed by atoms with Gasteiger partial charge in [-0.2, -0.15) is 9.97 Å². The first kappa shape index (κ1) is 14.9. The number of aromatic nitrogens is 4. The Morgan fingerprint density at radius 2 is 1.96 bits per heavy atom. The zero-order valence-corrected chi connectivity index (χ0v) is 12.7. The second kappa shape index (κ2) is 5.99. The largest absolute Gasteiger partial charge is 0.494 e. The van der Waals surface area contributed by atoms with Gasteiger partial charge in [-0.15, -0.1) is 0 Å². The molecule has 0 fully saturated rings. The van der Waals surface area contributed by atoms with Crippen molar-refractivity contribution in [2.45, 2.75) is 6.92 Å². The Morgan fingerprint density at radius 3 is 2.61 bits per heavy atom. The minimum absolute atomic E-state index is 0.150. The normalized spacial score (nSPS) is 10.6. The first-order valence-electron chi connectivity index (χ1n) is 6.68. The molecule has 0 aliphatic rings. The lowest BCUT2D eigenvalue weighted by molar-refractivity contribution is 0.378. The summed E-state index contributed by atoms with van der Waals surface area (Å²) in [6, 6.07) is 4.68. The highest BCUT2D eigenvalue weighted by Gasteiger charge is 2.16. The van der Waals surface area contributed by atoms with E-state index in [2.05, 4.69) is 20.1 Å². The van der Waals surface area contributed by atoms with E-state index in [4.69, 9.17) is 14.0 Å². The SMILES string of the molecule is COc1ncc(-c2nc(-c3ccc(OC)c(F)c3)no2)c(C)n1. The van der Waals surface area contributed by atoms with Crippen LogP contribution in [0.4, 0.5) is 4.39 Å². The van der Waals surface area contributed by atoms with Crippen molar-refractivity contribution in [3.8, 4) is 34.6 Å². The number of hydrogen-bond acceptors (Lipinski definition) is 7. The molecule has 0 bridgehead atoms. The van der Waals surface area contributed by atoms with Crippen molar-refractivity contribution in [1.29, 1.82) is 0 Å². The third kappa shape index (κ3) is 2.83. The van der Waals surface area contributed by atoms with Gasteiger partial charge in [-0.3, -0.25) is 0 Å². The average molecular weight is 316 g/mol. The fourth-order valence-electron chi connectivity index (χ4n) is 2.01. The summed E-state index contributed by atoms with van der Waals surface area (Å²) in [5.74, 6) is 0.158. The fourth-order valence-corrected chi connectivity index (χ4v) is 2.01. The number of halogens is 1. The lowest BCUT2D eigenvalue weighted by Gasteiger charge is -2.02. The van der Waals surface area contributed by atoms with Crippen LogP contribution in [0.1, 0.15) is 5.69 Å². The third-order valence-electron chi connectivity index (χ3n) is 3.21. The summed E-state index contributed by atoms with van der Waals surface area (Å²) in [5, 5.41) is 3.86. The molecule has 3 aromatic rings. The van der Waals surface area contributed by atoms with E-state index in [1.807, 2.05) is 0 Å². The number of benzene rings is 1. The first-order chi connectivity index (χ1) is 11.1. The van der Waals surface area contributed by atoms with E-state index in [-0.39, 0.29) is 23.5 Å². The molecule has 0 N–H and O–H groups in total.